The molecular weight excluding hydrogens is 326 g/mol. The quantitative estimate of drug-likeness (QED) is 0.892. The number of amides is 1. The molecule has 5 heteroatoms. The topological polar surface area (TPSA) is 47.6 Å². The van der Waals surface area contributed by atoms with Crippen molar-refractivity contribution in [1.82, 2.24) is 0 Å². The van der Waals surface area contributed by atoms with Gasteiger partial charge in [-0.05, 0) is 41.3 Å². The van der Waals surface area contributed by atoms with Crippen molar-refractivity contribution in [1.29, 1.82) is 0 Å². The van der Waals surface area contributed by atoms with Crippen LogP contribution in [0.1, 0.15) is 30.9 Å². The third-order valence-corrected chi connectivity index (χ3v) is 4.14. The van der Waals surface area contributed by atoms with Crippen LogP contribution in [0.5, 0.6) is 11.5 Å². The molecule has 0 aliphatic carbocycles. The van der Waals surface area contributed by atoms with Crippen LogP contribution in [-0.2, 0) is 11.2 Å². The first-order valence-electron chi connectivity index (χ1n) is 8.01. The Bertz CT molecular complexity index is 758. The highest BCUT2D eigenvalue weighted by Gasteiger charge is 2.17. The second-order valence-electron chi connectivity index (χ2n) is 6.11. The summed E-state index contributed by atoms with van der Waals surface area (Å²) in [6.07, 6.45) is 0.224. The van der Waals surface area contributed by atoms with Gasteiger partial charge in [0.05, 0.1) is 11.4 Å². The van der Waals surface area contributed by atoms with Crippen LogP contribution in [0.3, 0.4) is 0 Å². The van der Waals surface area contributed by atoms with Crippen LogP contribution in [0.2, 0.25) is 5.02 Å². The zero-order valence-electron chi connectivity index (χ0n) is 13.8. The van der Waals surface area contributed by atoms with Crippen LogP contribution in [0.25, 0.3) is 0 Å². The zero-order valence-corrected chi connectivity index (χ0v) is 14.5. The van der Waals surface area contributed by atoms with Gasteiger partial charge in [0.25, 0.3) is 0 Å². The number of hydrogen-bond acceptors (Lipinski definition) is 3. The van der Waals surface area contributed by atoms with E-state index in [2.05, 4.69) is 25.2 Å². The van der Waals surface area contributed by atoms with E-state index in [0.29, 0.717) is 35.7 Å². The van der Waals surface area contributed by atoms with Crippen molar-refractivity contribution in [3.63, 3.8) is 0 Å². The number of hydrogen-bond donors (Lipinski definition) is 1. The van der Waals surface area contributed by atoms with E-state index in [4.69, 9.17) is 21.1 Å². The third kappa shape index (κ3) is 3.82. The molecule has 1 heterocycles. The standard InChI is InChI=1S/C19H20ClNO3/c1-12(2)14-4-3-5-15(11-14)21-18(22)10-13-8-16(20)19-17(9-13)23-6-7-24-19/h3-5,8-9,11-12H,6-7,10H2,1-2H3,(H,21,22). The molecule has 1 aliphatic rings. The molecular formula is C19H20ClNO3. The first kappa shape index (κ1) is 16.7. The van der Waals surface area contributed by atoms with Gasteiger partial charge in [-0.2, -0.15) is 0 Å². The number of carbonyl (C=O) groups is 1. The number of nitrogens with one attached hydrogen (secondary N) is 1. The van der Waals surface area contributed by atoms with Crippen LogP contribution in [0.4, 0.5) is 5.69 Å². The Hall–Kier alpha value is -2.20. The summed E-state index contributed by atoms with van der Waals surface area (Å²) < 4.78 is 11.0. The predicted molar refractivity (Wildman–Crippen MR) is 95.3 cm³/mol. The Kier molecular flexibility index (Phi) is 4.95. The fourth-order valence-corrected chi connectivity index (χ4v) is 2.92. The fourth-order valence-electron chi connectivity index (χ4n) is 2.63. The monoisotopic (exact) mass is 345 g/mol. The average Bonchev–Trinajstić information content (AvgIpc) is 2.55. The minimum absolute atomic E-state index is 0.0938. The van der Waals surface area contributed by atoms with Gasteiger partial charge in [-0.15, -0.1) is 0 Å². The fraction of sp³-hybridized carbons (Fsp3) is 0.316. The molecule has 24 heavy (non-hydrogen) atoms. The largest absolute Gasteiger partial charge is 0.486 e. The lowest BCUT2D eigenvalue weighted by atomic mass is 10.0. The second kappa shape index (κ2) is 7.14. The van der Waals surface area contributed by atoms with E-state index in [0.717, 1.165) is 11.3 Å². The van der Waals surface area contributed by atoms with E-state index in [1.165, 1.54) is 5.56 Å². The van der Waals surface area contributed by atoms with Crippen molar-refractivity contribution in [3.05, 3.63) is 52.5 Å². The van der Waals surface area contributed by atoms with E-state index in [1.807, 2.05) is 24.3 Å². The van der Waals surface area contributed by atoms with Crippen LogP contribution >= 0.6 is 11.6 Å². The molecule has 1 N–H and O–H groups in total. The molecule has 0 radical (unpaired) electrons. The summed E-state index contributed by atoms with van der Waals surface area (Å²) in [6.45, 7) is 5.22. The molecule has 126 valence electrons. The summed E-state index contributed by atoms with van der Waals surface area (Å²) in [5.41, 5.74) is 2.78. The molecule has 0 atom stereocenters. The highest BCUT2D eigenvalue weighted by molar-refractivity contribution is 6.32. The Morgan fingerprint density at radius 1 is 1.21 bits per heavy atom. The Morgan fingerprint density at radius 2 is 2.00 bits per heavy atom. The average molecular weight is 346 g/mol. The number of fused-ring (bicyclic) bond motifs is 1. The highest BCUT2D eigenvalue weighted by Crippen LogP contribution is 2.38. The summed E-state index contributed by atoms with van der Waals surface area (Å²) in [6, 6.07) is 11.5. The Labute approximate surface area is 146 Å². The van der Waals surface area contributed by atoms with Gasteiger partial charge in [-0.25, -0.2) is 0 Å². The number of benzene rings is 2. The van der Waals surface area contributed by atoms with E-state index < -0.39 is 0 Å². The molecule has 2 aromatic rings. The molecule has 0 bridgehead atoms. The van der Waals surface area contributed by atoms with Crippen LogP contribution in [0, 0.1) is 0 Å². The van der Waals surface area contributed by atoms with Crippen molar-refractivity contribution in [2.45, 2.75) is 26.2 Å². The van der Waals surface area contributed by atoms with Crippen molar-refractivity contribution in [2.24, 2.45) is 0 Å². The number of rotatable bonds is 4. The summed E-state index contributed by atoms with van der Waals surface area (Å²) in [7, 11) is 0. The molecule has 1 amide bonds. The highest BCUT2D eigenvalue weighted by atomic mass is 35.5. The molecule has 4 nitrogen and oxygen atoms in total. The Morgan fingerprint density at radius 3 is 2.79 bits per heavy atom. The zero-order chi connectivity index (χ0) is 17.1. The van der Waals surface area contributed by atoms with Gasteiger partial charge >= 0.3 is 0 Å². The normalized spacial score (nSPS) is 13.0. The van der Waals surface area contributed by atoms with E-state index >= 15 is 0 Å². The van der Waals surface area contributed by atoms with Crippen molar-refractivity contribution in [3.8, 4) is 11.5 Å². The molecule has 0 aromatic heterocycles. The van der Waals surface area contributed by atoms with Gasteiger partial charge in [0.15, 0.2) is 11.5 Å². The van der Waals surface area contributed by atoms with Crippen LogP contribution in [-0.4, -0.2) is 19.1 Å². The molecule has 0 saturated heterocycles. The SMILES string of the molecule is CC(C)c1cccc(NC(=O)Cc2cc(Cl)c3c(c2)OCCO3)c1. The van der Waals surface area contributed by atoms with Gasteiger partial charge < -0.3 is 14.8 Å². The molecule has 0 unspecified atom stereocenters. The third-order valence-electron chi connectivity index (χ3n) is 3.86. The maximum atomic E-state index is 12.3. The van der Waals surface area contributed by atoms with Gasteiger partial charge in [0, 0.05) is 5.69 Å². The first-order valence-corrected chi connectivity index (χ1v) is 8.38. The van der Waals surface area contributed by atoms with Crippen LogP contribution < -0.4 is 14.8 Å². The van der Waals surface area contributed by atoms with Gasteiger partial charge in [0.1, 0.15) is 13.2 Å². The lowest BCUT2D eigenvalue weighted by Gasteiger charge is -2.20. The molecule has 2 aromatic carbocycles. The molecule has 3 rings (SSSR count). The van der Waals surface area contributed by atoms with Gasteiger partial charge in [0.2, 0.25) is 5.91 Å². The lowest BCUT2D eigenvalue weighted by molar-refractivity contribution is -0.115. The van der Waals surface area contributed by atoms with Crippen LogP contribution in [0.15, 0.2) is 36.4 Å². The molecule has 0 spiro atoms. The summed E-state index contributed by atoms with van der Waals surface area (Å²) >= 11 is 6.21. The summed E-state index contributed by atoms with van der Waals surface area (Å²) in [5, 5.41) is 3.40. The minimum atomic E-state index is -0.0938. The summed E-state index contributed by atoms with van der Waals surface area (Å²) in [5.74, 6) is 1.47. The van der Waals surface area contributed by atoms with Gasteiger partial charge in [-0.3, -0.25) is 4.79 Å². The lowest BCUT2D eigenvalue weighted by Crippen LogP contribution is -2.17. The minimum Gasteiger partial charge on any atom is -0.486 e. The number of halogens is 1. The number of carbonyl (C=O) groups excluding carboxylic acids is 1. The Balaban J connectivity index is 1.71. The maximum Gasteiger partial charge on any atom is 0.228 e. The summed E-state index contributed by atoms with van der Waals surface area (Å²) in [4.78, 5) is 12.3. The molecule has 0 fully saturated rings. The predicted octanol–water partition coefficient (Wildman–Crippen LogP) is 4.42. The maximum absolute atomic E-state index is 12.3. The number of anilines is 1. The van der Waals surface area contributed by atoms with E-state index in [1.54, 1.807) is 6.07 Å². The van der Waals surface area contributed by atoms with Crippen molar-refractivity contribution in [2.75, 3.05) is 18.5 Å². The van der Waals surface area contributed by atoms with Gasteiger partial charge in [-0.1, -0.05) is 37.6 Å². The smallest absolute Gasteiger partial charge is 0.228 e. The van der Waals surface area contributed by atoms with Crippen molar-refractivity contribution >= 4 is 23.2 Å². The van der Waals surface area contributed by atoms with E-state index in [-0.39, 0.29) is 12.3 Å². The molecule has 1 aliphatic heterocycles. The van der Waals surface area contributed by atoms with Crippen molar-refractivity contribution < 1.29 is 14.3 Å². The van der Waals surface area contributed by atoms with E-state index in [9.17, 15) is 4.79 Å². The second-order valence-corrected chi connectivity index (χ2v) is 6.51. The molecule has 0 saturated carbocycles. The first-order chi connectivity index (χ1) is 11.5. The number of ether oxygens (including phenoxy) is 2.